The average molecular weight is 249 g/mol. The largest absolute Gasteiger partial charge is 0.496 e. The van der Waals surface area contributed by atoms with E-state index < -0.39 is 0 Å². The molecule has 0 aliphatic heterocycles. The summed E-state index contributed by atoms with van der Waals surface area (Å²) in [6, 6.07) is 3.70. The van der Waals surface area contributed by atoms with Crippen molar-refractivity contribution in [3.05, 3.63) is 35.9 Å². The van der Waals surface area contributed by atoms with Gasteiger partial charge in [0, 0.05) is 12.1 Å². The second-order valence-electron chi connectivity index (χ2n) is 3.90. The number of aryl methyl sites for hydroxylation is 1. The number of carbonyl (C=O) groups is 1. The van der Waals surface area contributed by atoms with E-state index >= 15 is 0 Å². The van der Waals surface area contributed by atoms with Gasteiger partial charge in [-0.3, -0.25) is 4.79 Å². The minimum atomic E-state index is -0.0703. The van der Waals surface area contributed by atoms with Crippen molar-refractivity contribution in [3.63, 3.8) is 0 Å². The topological polar surface area (TPSA) is 47.6 Å². The van der Waals surface area contributed by atoms with Gasteiger partial charge in [-0.1, -0.05) is 6.08 Å². The summed E-state index contributed by atoms with van der Waals surface area (Å²) in [5.41, 5.74) is 1.78. The lowest BCUT2D eigenvalue weighted by Gasteiger charge is -2.12. The highest BCUT2D eigenvalue weighted by atomic mass is 16.5. The minimum absolute atomic E-state index is 0.0703. The van der Waals surface area contributed by atoms with Gasteiger partial charge in [-0.2, -0.15) is 0 Å². The summed E-state index contributed by atoms with van der Waals surface area (Å²) in [5, 5.41) is 2.73. The molecule has 0 aliphatic rings. The van der Waals surface area contributed by atoms with Gasteiger partial charge < -0.3 is 14.8 Å². The van der Waals surface area contributed by atoms with Crippen LogP contribution in [0.1, 0.15) is 11.1 Å². The van der Waals surface area contributed by atoms with Crippen LogP contribution in [0.25, 0.3) is 0 Å². The van der Waals surface area contributed by atoms with E-state index in [1.54, 1.807) is 20.3 Å². The number of ether oxygens (including phenoxy) is 2. The molecule has 0 heterocycles. The summed E-state index contributed by atoms with van der Waals surface area (Å²) in [4.78, 5) is 11.7. The predicted octanol–water partition coefficient (Wildman–Crippen LogP) is 1.86. The van der Waals surface area contributed by atoms with Gasteiger partial charge in [-0.25, -0.2) is 0 Å². The zero-order valence-corrected chi connectivity index (χ0v) is 11.1. The van der Waals surface area contributed by atoms with Crippen molar-refractivity contribution in [1.29, 1.82) is 0 Å². The molecule has 0 fully saturated rings. The van der Waals surface area contributed by atoms with E-state index in [-0.39, 0.29) is 12.3 Å². The van der Waals surface area contributed by atoms with Crippen molar-refractivity contribution in [2.75, 3.05) is 20.8 Å². The molecule has 4 nitrogen and oxygen atoms in total. The van der Waals surface area contributed by atoms with E-state index in [1.165, 1.54) is 0 Å². The van der Waals surface area contributed by atoms with Gasteiger partial charge in [-0.15, -0.1) is 6.58 Å². The Balaban J connectivity index is 2.92. The summed E-state index contributed by atoms with van der Waals surface area (Å²) in [7, 11) is 3.20. The second-order valence-corrected chi connectivity index (χ2v) is 3.90. The second kappa shape index (κ2) is 6.69. The van der Waals surface area contributed by atoms with Crippen molar-refractivity contribution in [2.45, 2.75) is 13.3 Å². The van der Waals surface area contributed by atoms with Crippen LogP contribution in [0.4, 0.5) is 0 Å². The molecule has 0 spiro atoms. The summed E-state index contributed by atoms with van der Waals surface area (Å²) >= 11 is 0. The zero-order valence-electron chi connectivity index (χ0n) is 11.1. The van der Waals surface area contributed by atoms with Crippen LogP contribution < -0.4 is 14.8 Å². The highest BCUT2D eigenvalue weighted by molar-refractivity contribution is 5.79. The van der Waals surface area contributed by atoms with E-state index in [2.05, 4.69) is 11.9 Å². The SMILES string of the molecule is C=CCNC(=O)Cc1cc(OC)c(C)cc1OC. The van der Waals surface area contributed by atoms with Gasteiger partial charge in [0.05, 0.1) is 20.6 Å². The lowest BCUT2D eigenvalue weighted by Crippen LogP contribution is -2.25. The normalized spacial score (nSPS) is 9.72. The Kier molecular flexibility index (Phi) is 5.24. The first-order chi connectivity index (χ1) is 8.62. The highest BCUT2D eigenvalue weighted by Crippen LogP contribution is 2.28. The summed E-state index contributed by atoms with van der Waals surface area (Å²) < 4.78 is 10.5. The first-order valence-corrected chi connectivity index (χ1v) is 5.71. The lowest BCUT2D eigenvalue weighted by atomic mass is 10.1. The molecule has 1 aromatic rings. The van der Waals surface area contributed by atoms with Crippen molar-refractivity contribution < 1.29 is 14.3 Å². The van der Waals surface area contributed by atoms with E-state index in [4.69, 9.17) is 9.47 Å². The number of carbonyl (C=O) groups excluding carboxylic acids is 1. The van der Waals surface area contributed by atoms with Crippen LogP contribution >= 0.6 is 0 Å². The van der Waals surface area contributed by atoms with Gasteiger partial charge >= 0.3 is 0 Å². The molecule has 98 valence electrons. The molecule has 4 heteroatoms. The van der Waals surface area contributed by atoms with Gasteiger partial charge in [0.1, 0.15) is 11.5 Å². The molecule has 0 aliphatic carbocycles. The Morgan fingerprint density at radius 2 is 2.00 bits per heavy atom. The van der Waals surface area contributed by atoms with Crippen LogP contribution in [-0.4, -0.2) is 26.7 Å². The molecular formula is C14H19NO3. The first-order valence-electron chi connectivity index (χ1n) is 5.71. The monoisotopic (exact) mass is 249 g/mol. The maximum atomic E-state index is 11.7. The van der Waals surface area contributed by atoms with Crippen LogP contribution in [0.5, 0.6) is 11.5 Å². The molecule has 0 bridgehead atoms. The fourth-order valence-electron chi connectivity index (χ4n) is 1.67. The molecule has 0 saturated heterocycles. The van der Waals surface area contributed by atoms with Gasteiger partial charge in [0.25, 0.3) is 0 Å². The number of hydrogen-bond acceptors (Lipinski definition) is 3. The maximum Gasteiger partial charge on any atom is 0.224 e. The van der Waals surface area contributed by atoms with Crippen LogP contribution in [-0.2, 0) is 11.2 Å². The number of methoxy groups -OCH3 is 2. The number of hydrogen-bond donors (Lipinski definition) is 1. The van der Waals surface area contributed by atoms with Gasteiger partial charge in [0.15, 0.2) is 0 Å². The first kappa shape index (κ1) is 14.1. The molecular weight excluding hydrogens is 230 g/mol. The Hall–Kier alpha value is -1.97. The molecule has 1 amide bonds. The van der Waals surface area contributed by atoms with E-state index in [1.807, 2.05) is 19.1 Å². The molecule has 0 radical (unpaired) electrons. The quantitative estimate of drug-likeness (QED) is 0.783. The van der Waals surface area contributed by atoms with Crippen molar-refractivity contribution in [1.82, 2.24) is 5.32 Å². The number of amides is 1. The van der Waals surface area contributed by atoms with E-state index in [0.717, 1.165) is 16.9 Å². The average Bonchev–Trinajstić information content (AvgIpc) is 2.37. The molecule has 0 unspecified atom stereocenters. The smallest absolute Gasteiger partial charge is 0.224 e. The molecule has 0 saturated carbocycles. The molecule has 1 aromatic carbocycles. The number of rotatable bonds is 6. The van der Waals surface area contributed by atoms with E-state index in [9.17, 15) is 4.79 Å². The Bertz CT molecular complexity index is 441. The molecule has 0 atom stereocenters. The fourth-order valence-corrected chi connectivity index (χ4v) is 1.67. The van der Waals surface area contributed by atoms with Crippen LogP contribution in [0, 0.1) is 6.92 Å². The molecule has 1 rings (SSSR count). The van der Waals surface area contributed by atoms with Crippen LogP contribution in [0.15, 0.2) is 24.8 Å². The van der Waals surface area contributed by atoms with Crippen LogP contribution in [0.3, 0.4) is 0 Å². The third kappa shape index (κ3) is 3.52. The maximum absolute atomic E-state index is 11.7. The Morgan fingerprint density at radius 1 is 1.33 bits per heavy atom. The van der Waals surface area contributed by atoms with Crippen LogP contribution in [0.2, 0.25) is 0 Å². The van der Waals surface area contributed by atoms with Crippen molar-refractivity contribution >= 4 is 5.91 Å². The van der Waals surface area contributed by atoms with Crippen molar-refractivity contribution in [2.24, 2.45) is 0 Å². The minimum Gasteiger partial charge on any atom is -0.496 e. The fraction of sp³-hybridized carbons (Fsp3) is 0.357. The molecule has 18 heavy (non-hydrogen) atoms. The zero-order chi connectivity index (χ0) is 13.5. The van der Waals surface area contributed by atoms with Gasteiger partial charge in [-0.05, 0) is 24.6 Å². The third-order valence-electron chi connectivity index (χ3n) is 2.59. The summed E-state index contributed by atoms with van der Waals surface area (Å²) in [6.45, 7) is 5.95. The summed E-state index contributed by atoms with van der Waals surface area (Å²) in [6.07, 6.45) is 1.90. The number of benzene rings is 1. The van der Waals surface area contributed by atoms with Gasteiger partial charge in [0.2, 0.25) is 5.91 Å². The Morgan fingerprint density at radius 3 is 2.56 bits per heavy atom. The predicted molar refractivity (Wildman–Crippen MR) is 71.2 cm³/mol. The standard InChI is InChI=1S/C14H19NO3/c1-5-6-15-14(16)9-11-8-12(17-3)10(2)7-13(11)18-4/h5,7-8H,1,6,9H2,2-4H3,(H,15,16). The highest BCUT2D eigenvalue weighted by Gasteiger charge is 2.11. The number of nitrogens with one attached hydrogen (secondary N) is 1. The third-order valence-corrected chi connectivity index (χ3v) is 2.59. The Labute approximate surface area is 108 Å². The molecule has 0 aromatic heterocycles. The summed E-state index contributed by atoms with van der Waals surface area (Å²) in [5.74, 6) is 1.38. The van der Waals surface area contributed by atoms with E-state index in [0.29, 0.717) is 12.3 Å². The lowest BCUT2D eigenvalue weighted by molar-refractivity contribution is -0.120. The molecule has 1 N–H and O–H groups in total. The van der Waals surface area contributed by atoms with Crippen molar-refractivity contribution in [3.8, 4) is 11.5 Å².